The lowest BCUT2D eigenvalue weighted by molar-refractivity contribution is -0.119. The number of carbonyl (C=O) groups is 2. The molecule has 0 bridgehead atoms. The van der Waals surface area contributed by atoms with E-state index in [4.69, 9.17) is 0 Å². The lowest BCUT2D eigenvalue weighted by atomic mass is 10.4. The van der Waals surface area contributed by atoms with Crippen molar-refractivity contribution >= 4 is 17.5 Å². The van der Waals surface area contributed by atoms with Crippen LogP contribution in [-0.2, 0) is 16.1 Å². The SMILES string of the molecule is C=CCn1cc(N2C(=O)C=CC2=O)cn1. The molecule has 76 valence electrons. The van der Waals surface area contributed by atoms with Crippen LogP contribution in [0.3, 0.4) is 0 Å². The van der Waals surface area contributed by atoms with Crippen LogP contribution >= 0.6 is 0 Å². The molecular formula is C10H9N3O2. The fraction of sp³-hybridized carbons (Fsp3) is 0.100. The minimum absolute atomic E-state index is 0.335. The highest BCUT2D eigenvalue weighted by molar-refractivity contribution is 6.28. The third-order valence-electron chi connectivity index (χ3n) is 2.00. The number of hydrogen-bond donors (Lipinski definition) is 0. The van der Waals surface area contributed by atoms with Crippen molar-refractivity contribution in [3.05, 3.63) is 37.2 Å². The monoisotopic (exact) mass is 203 g/mol. The van der Waals surface area contributed by atoms with E-state index in [0.717, 1.165) is 4.90 Å². The normalized spacial score (nSPS) is 15.1. The highest BCUT2D eigenvalue weighted by atomic mass is 16.2. The second-order valence-corrected chi connectivity index (χ2v) is 3.05. The van der Waals surface area contributed by atoms with Crippen LogP contribution in [0.2, 0.25) is 0 Å². The van der Waals surface area contributed by atoms with Crippen molar-refractivity contribution in [2.24, 2.45) is 0 Å². The van der Waals surface area contributed by atoms with Crippen molar-refractivity contribution in [3.8, 4) is 0 Å². The highest BCUT2D eigenvalue weighted by Gasteiger charge is 2.25. The van der Waals surface area contributed by atoms with Gasteiger partial charge in [0.2, 0.25) is 0 Å². The summed E-state index contributed by atoms with van der Waals surface area (Å²) in [5, 5.41) is 3.99. The molecule has 0 fully saturated rings. The molecular weight excluding hydrogens is 194 g/mol. The topological polar surface area (TPSA) is 55.2 Å². The number of aromatic nitrogens is 2. The zero-order valence-corrected chi connectivity index (χ0v) is 7.96. The predicted molar refractivity (Wildman–Crippen MR) is 54.1 cm³/mol. The Bertz CT molecular complexity index is 441. The van der Waals surface area contributed by atoms with Crippen LogP contribution in [-0.4, -0.2) is 21.6 Å². The van der Waals surface area contributed by atoms with E-state index in [1.165, 1.54) is 18.3 Å². The second-order valence-electron chi connectivity index (χ2n) is 3.05. The molecule has 0 unspecified atom stereocenters. The van der Waals surface area contributed by atoms with Crippen LogP contribution in [0.5, 0.6) is 0 Å². The maximum Gasteiger partial charge on any atom is 0.258 e. The number of amides is 2. The number of nitrogens with zero attached hydrogens (tertiary/aromatic N) is 3. The van der Waals surface area contributed by atoms with Crippen molar-refractivity contribution in [1.82, 2.24) is 9.78 Å². The molecule has 2 rings (SSSR count). The van der Waals surface area contributed by atoms with Gasteiger partial charge in [-0.25, -0.2) is 4.90 Å². The van der Waals surface area contributed by atoms with Gasteiger partial charge in [-0.05, 0) is 0 Å². The van der Waals surface area contributed by atoms with Crippen molar-refractivity contribution < 1.29 is 9.59 Å². The van der Waals surface area contributed by atoms with E-state index in [9.17, 15) is 9.59 Å². The Kier molecular flexibility index (Phi) is 2.21. The van der Waals surface area contributed by atoms with E-state index in [1.54, 1.807) is 17.0 Å². The first-order valence-electron chi connectivity index (χ1n) is 4.42. The van der Waals surface area contributed by atoms with Gasteiger partial charge in [0.1, 0.15) is 0 Å². The van der Waals surface area contributed by atoms with E-state index in [-0.39, 0.29) is 11.8 Å². The van der Waals surface area contributed by atoms with Gasteiger partial charge >= 0.3 is 0 Å². The minimum atomic E-state index is -0.335. The van der Waals surface area contributed by atoms with Crippen molar-refractivity contribution in [1.29, 1.82) is 0 Å². The lowest BCUT2D eigenvalue weighted by Gasteiger charge is -2.09. The van der Waals surface area contributed by atoms with Crippen LogP contribution in [0.15, 0.2) is 37.2 Å². The van der Waals surface area contributed by atoms with Gasteiger partial charge in [-0.15, -0.1) is 6.58 Å². The summed E-state index contributed by atoms with van der Waals surface area (Å²) < 4.78 is 1.60. The Morgan fingerprint density at radius 3 is 2.60 bits per heavy atom. The summed E-state index contributed by atoms with van der Waals surface area (Å²) in [7, 11) is 0. The quantitative estimate of drug-likeness (QED) is 0.531. The molecule has 2 amide bonds. The van der Waals surface area contributed by atoms with Crippen LogP contribution in [0.4, 0.5) is 5.69 Å². The molecule has 1 aliphatic rings. The van der Waals surface area contributed by atoms with Gasteiger partial charge < -0.3 is 0 Å². The first-order valence-corrected chi connectivity index (χ1v) is 4.42. The zero-order chi connectivity index (χ0) is 10.8. The average molecular weight is 203 g/mol. The van der Waals surface area contributed by atoms with Crippen LogP contribution in [0.25, 0.3) is 0 Å². The van der Waals surface area contributed by atoms with Crippen molar-refractivity contribution in [2.75, 3.05) is 4.90 Å². The fourth-order valence-corrected chi connectivity index (χ4v) is 1.35. The highest BCUT2D eigenvalue weighted by Crippen LogP contribution is 2.17. The molecule has 2 heterocycles. The molecule has 1 aromatic heterocycles. The van der Waals surface area contributed by atoms with Gasteiger partial charge in [0, 0.05) is 18.3 Å². The van der Waals surface area contributed by atoms with Gasteiger partial charge in [-0.1, -0.05) is 6.08 Å². The zero-order valence-electron chi connectivity index (χ0n) is 7.96. The number of allylic oxidation sites excluding steroid dienone is 1. The number of rotatable bonds is 3. The fourth-order valence-electron chi connectivity index (χ4n) is 1.35. The summed E-state index contributed by atoms with van der Waals surface area (Å²) >= 11 is 0. The molecule has 1 aliphatic heterocycles. The Morgan fingerprint density at radius 1 is 1.33 bits per heavy atom. The smallest absolute Gasteiger partial charge is 0.258 e. The summed E-state index contributed by atoms with van der Waals surface area (Å²) in [6.45, 7) is 4.12. The molecule has 0 aliphatic carbocycles. The molecule has 0 atom stereocenters. The predicted octanol–water partition coefficient (Wildman–Crippen LogP) is 0.498. The van der Waals surface area contributed by atoms with E-state index in [1.807, 2.05) is 0 Å². The molecule has 1 aromatic rings. The third kappa shape index (κ3) is 1.59. The Hall–Kier alpha value is -2.17. The summed E-state index contributed by atoms with van der Waals surface area (Å²) in [5.74, 6) is -0.670. The molecule has 0 spiro atoms. The average Bonchev–Trinajstić information content (AvgIpc) is 2.75. The Labute approximate surface area is 86.3 Å². The van der Waals surface area contributed by atoms with Crippen LogP contribution in [0, 0.1) is 0 Å². The summed E-state index contributed by atoms with van der Waals surface area (Å²) in [4.78, 5) is 23.7. The van der Waals surface area contributed by atoms with Crippen LogP contribution < -0.4 is 4.90 Å². The van der Waals surface area contributed by atoms with E-state index < -0.39 is 0 Å². The molecule has 0 radical (unpaired) electrons. The maximum absolute atomic E-state index is 11.3. The van der Waals surface area contributed by atoms with Gasteiger partial charge in [-0.2, -0.15) is 5.10 Å². The number of imide groups is 1. The first kappa shape index (κ1) is 9.39. The molecule has 0 aromatic carbocycles. The first-order chi connectivity index (χ1) is 7.22. The molecule has 0 saturated heterocycles. The number of hydrogen-bond acceptors (Lipinski definition) is 3. The van der Waals surface area contributed by atoms with Crippen LogP contribution in [0.1, 0.15) is 0 Å². The minimum Gasteiger partial charge on any atom is -0.269 e. The van der Waals surface area contributed by atoms with E-state index in [0.29, 0.717) is 12.2 Å². The second kappa shape index (κ2) is 3.53. The molecule has 5 nitrogen and oxygen atoms in total. The summed E-state index contributed by atoms with van der Waals surface area (Å²) in [6, 6.07) is 0. The maximum atomic E-state index is 11.3. The van der Waals surface area contributed by atoms with Crippen molar-refractivity contribution in [2.45, 2.75) is 6.54 Å². The standard InChI is InChI=1S/C10H9N3O2/c1-2-5-12-7-8(6-11-12)13-9(14)3-4-10(13)15/h2-4,6-7H,1,5H2. The summed E-state index contributed by atoms with van der Waals surface area (Å²) in [5.41, 5.74) is 0.483. The number of anilines is 1. The lowest BCUT2D eigenvalue weighted by Crippen LogP contribution is -2.29. The molecule has 0 saturated carbocycles. The van der Waals surface area contributed by atoms with E-state index in [2.05, 4.69) is 11.7 Å². The largest absolute Gasteiger partial charge is 0.269 e. The van der Waals surface area contributed by atoms with Gasteiger partial charge in [0.25, 0.3) is 11.8 Å². The molecule has 5 heteroatoms. The Morgan fingerprint density at radius 2 is 2.00 bits per heavy atom. The third-order valence-corrected chi connectivity index (χ3v) is 2.00. The van der Waals surface area contributed by atoms with Gasteiger partial charge in [-0.3, -0.25) is 14.3 Å². The summed E-state index contributed by atoms with van der Waals surface area (Å²) in [6.07, 6.45) is 7.28. The van der Waals surface area contributed by atoms with Gasteiger partial charge in [0.15, 0.2) is 0 Å². The van der Waals surface area contributed by atoms with Gasteiger partial charge in [0.05, 0.1) is 18.4 Å². The van der Waals surface area contributed by atoms with Crippen molar-refractivity contribution in [3.63, 3.8) is 0 Å². The number of carbonyl (C=O) groups excluding carboxylic acids is 2. The molecule has 0 N–H and O–H groups in total. The molecule has 15 heavy (non-hydrogen) atoms. The Balaban J connectivity index is 2.26. The van der Waals surface area contributed by atoms with E-state index >= 15 is 0 Å².